The summed E-state index contributed by atoms with van der Waals surface area (Å²) in [7, 11) is 0. The zero-order valence-electron chi connectivity index (χ0n) is 15.3. The molecule has 24 heavy (non-hydrogen) atoms. The molecule has 0 N–H and O–H groups in total. The van der Waals surface area contributed by atoms with E-state index in [0.717, 1.165) is 30.9 Å². The van der Waals surface area contributed by atoms with Gasteiger partial charge in [-0.25, -0.2) is 0 Å². The molecule has 1 aromatic rings. The first-order chi connectivity index (χ1) is 11.6. The Morgan fingerprint density at radius 3 is 2.58 bits per heavy atom. The van der Waals surface area contributed by atoms with Crippen LogP contribution in [0, 0.1) is 13.8 Å². The number of amides is 1. The Kier molecular flexibility index (Phi) is 5.93. The van der Waals surface area contributed by atoms with Gasteiger partial charge in [0.15, 0.2) is 0 Å². The summed E-state index contributed by atoms with van der Waals surface area (Å²) in [6.07, 6.45) is 8.05. The van der Waals surface area contributed by atoms with E-state index in [1.807, 2.05) is 11.6 Å². The third-order valence-corrected chi connectivity index (χ3v) is 5.51. The van der Waals surface area contributed by atoms with Crippen molar-refractivity contribution in [3.63, 3.8) is 0 Å². The summed E-state index contributed by atoms with van der Waals surface area (Å²) in [5.41, 5.74) is 2.17. The Morgan fingerprint density at radius 1 is 1.12 bits per heavy atom. The van der Waals surface area contributed by atoms with Crippen molar-refractivity contribution in [1.29, 1.82) is 0 Å². The summed E-state index contributed by atoms with van der Waals surface area (Å²) in [6.45, 7) is 9.21. The normalized spacial score (nSPS) is 22.8. The lowest BCUT2D eigenvalue weighted by Gasteiger charge is -2.33. The Labute approximate surface area is 146 Å². The van der Waals surface area contributed by atoms with Crippen LogP contribution in [0.2, 0.25) is 0 Å². The number of aryl methyl sites for hydroxylation is 3. The number of hydrogen-bond acceptors (Lipinski definition) is 3. The highest BCUT2D eigenvalue weighted by Gasteiger charge is 2.27. The fraction of sp³-hybridized carbons (Fsp3) is 0.789. The molecule has 5 heteroatoms. The summed E-state index contributed by atoms with van der Waals surface area (Å²) in [4.78, 5) is 17.6. The maximum atomic E-state index is 12.9. The van der Waals surface area contributed by atoms with Gasteiger partial charge in [0.25, 0.3) is 0 Å². The molecule has 134 valence electrons. The zero-order chi connectivity index (χ0) is 16.9. The molecule has 0 saturated carbocycles. The van der Waals surface area contributed by atoms with E-state index in [1.54, 1.807) is 0 Å². The van der Waals surface area contributed by atoms with Gasteiger partial charge >= 0.3 is 0 Å². The highest BCUT2D eigenvalue weighted by Crippen LogP contribution is 2.21. The van der Waals surface area contributed by atoms with E-state index in [4.69, 9.17) is 0 Å². The van der Waals surface area contributed by atoms with Crippen LogP contribution in [0.1, 0.15) is 56.3 Å². The molecular weight excluding hydrogens is 300 g/mol. The molecule has 5 nitrogen and oxygen atoms in total. The van der Waals surface area contributed by atoms with Crippen LogP contribution in [0.25, 0.3) is 0 Å². The molecule has 1 amide bonds. The van der Waals surface area contributed by atoms with Gasteiger partial charge in [0.2, 0.25) is 5.91 Å². The minimum atomic E-state index is 0.314. The molecule has 0 radical (unpaired) electrons. The first-order valence-electron chi connectivity index (χ1n) is 9.66. The Bertz CT molecular complexity index is 548. The van der Waals surface area contributed by atoms with Crippen LogP contribution < -0.4 is 0 Å². The van der Waals surface area contributed by atoms with Crippen LogP contribution in [0.4, 0.5) is 0 Å². The predicted octanol–water partition coefficient (Wildman–Crippen LogP) is 2.76. The lowest BCUT2D eigenvalue weighted by atomic mass is 10.1. The van der Waals surface area contributed by atoms with Crippen LogP contribution in [-0.2, 0) is 11.3 Å². The molecule has 0 aliphatic carbocycles. The molecular formula is C19H32N4O. The van der Waals surface area contributed by atoms with Crippen LogP contribution in [0.15, 0.2) is 6.07 Å². The van der Waals surface area contributed by atoms with Gasteiger partial charge in [-0.05, 0) is 58.7 Å². The standard InChI is InChI=1S/C19H32N4O/c1-16-14-17(2)23(20-16)13-9-19(24)22-12-5-3-4-8-18(22)15-21-10-6-7-11-21/h14,18H,3-13,15H2,1-2H3. The van der Waals surface area contributed by atoms with Crippen LogP contribution in [0.5, 0.6) is 0 Å². The third kappa shape index (κ3) is 4.38. The summed E-state index contributed by atoms with van der Waals surface area (Å²) >= 11 is 0. The lowest BCUT2D eigenvalue weighted by molar-refractivity contribution is -0.134. The molecule has 3 heterocycles. The molecule has 2 fully saturated rings. The number of carbonyl (C=O) groups is 1. The van der Waals surface area contributed by atoms with Gasteiger partial charge < -0.3 is 9.80 Å². The van der Waals surface area contributed by atoms with Gasteiger partial charge in [-0.15, -0.1) is 0 Å². The highest BCUT2D eigenvalue weighted by atomic mass is 16.2. The van der Waals surface area contributed by atoms with E-state index in [0.29, 0.717) is 24.9 Å². The number of likely N-dealkylation sites (tertiary alicyclic amines) is 2. The van der Waals surface area contributed by atoms with Crippen molar-refractivity contribution in [3.05, 3.63) is 17.5 Å². The minimum Gasteiger partial charge on any atom is -0.338 e. The number of aromatic nitrogens is 2. The SMILES string of the molecule is Cc1cc(C)n(CCC(=O)N2CCCCCC2CN2CCCC2)n1. The van der Waals surface area contributed by atoms with Crippen LogP contribution in [-0.4, -0.2) is 57.7 Å². The van der Waals surface area contributed by atoms with Gasteiger partial charge in [0, 0.05) is 37.8 Å². The molecule has 0 aromatic carbocycles. The van der Waals surface area contributed by atoms with Crippen molar-refractivity contribution >= 4 is 5.91 Å². The molecule has 2 aliphatic heterocycles. The number of carbonyl (C=O) groups excluding carboxylic acids is 1. The van der Waals surface area contributed by atoms with Gasteiger partial charge in [-0.3, -0.25) is 9.48 Å². The second-order valence-electron chi connectivity index (χ2n) is 7.50. The first kappa shape index (κ1) is 17.5. The van der Waals surface area contributed by atoms with Gasteiger partial charge in [0.1, 0.15) is 0 Å². The van der Waals surface area contributed by atoms with Crippen molar-refractivity contribution in [2.24, 2.45) is 0 Å². The first-order valence-corrected chi connectivity index (χ1v) is 9.66. The van der Waals surface area contributed by atoms with Crippen molar-refractivity contribution in [2.45, 2.75) is 71.4 Å². The fourth-order valence-electron chi connectivity index (χ4n) is 4.21. The quantitative estimate of drug-likeness (QED) is 0.832. The van der Waals surface area contributed by atoms with Gasteiger partial charge in [-0.1, -0.05) is 12.8 Å². The zero-order valence-corrected chi connectivity index (χ0v) is 15.3. The topological polar surface area (TPSA) is 41.4 Å². The maximum absolute atomic E-state index is 12.9. The second-order valence-corrected chi connectivity index (χ2v) is 7.50. The molecule has 0 bridgehead atoms. The molecule has 1 aromatic heterocycles. The van der Waals surface area contributed by atoms with Gasteiger partial charge in [0.05, 0.1) is 5.69 Å². The smallest absolute Gasteiger partial charge is 0.224 e. The average molecular weight is 332 g/mol. The number of rotatable bonds is 5. The van der Waals surface area contributed by atoms with E-state index >= 15 is 0 Å². The van der Waals surface area contributed by atoms with E-state index in [-0.39, 0.29) is 0 Å². The summed E-state index contributed by atoms with van der Waals surface area (Å²) < 4.78 is 1.97. The van der Waals surface area contributed by atoms with E-state index in [9.17, 15) is 4.79 Å². The van der Waals surface area contributed by atoms with Crippen LogP contribution in [0.3, 0.4) is 0 Å². The average Bonchev–Trinajstić information content (AvgIpc) is 3.09. The third-order valence-electron chi connectivity index (χ3n) is 5.51. The number of hydrogen-bond donors (Lipinski definition) is 0. The van der Waals surface area contributed by atoms with Crippen molar-refractivity contribution in [2.75, 3.05) is 26.2 Å². The van der Waals surface area contributed by atoms with Crippen LogP contribution >= 0.6 is 0 Å². The predicted molar refractivity (Wildman–Crippen MR) is 96.0 cm³/mol. The van der Waals surface area contributed by atoms with Crippen molar-refractivity contribution in [3.8, 4) is 0 Å². The minimum absolute atomic E-state index is 0.314. The fourth-order valence-corrected chi connectivity index (χ4v) is 4.21. The largest absolute Gasteiger partial charge is 0.338 e. The lowest BCUT2D eigenvalue weighted by Crippen LogP contribution is -2.46. The van der Waals surface area contributed by atoms with E-state index in [1.165, 1.54) is 45.2 Å². The molecule has 0 spiro atoms. The van der Waals surface area contributed by atoms with Crippen molar-refractivity contribution < 1.29 is 4.79 Å². The molecule has 1 unspecified atom stereocenters. The highest BCUT2D eigenvalue weighted by molar-refractivity contribution is 5.76. The Balaban J connectivity index is 1.59. The number of nitrogens with zero attached hydrogens (tertiary/aromatic N) is 4. The second kappa shape index (κ2) is 8.15. The molecule has 2 aliphatic rings. The monoisotopic (exact) mass is 332 g/mol. The molecule has 1 atom stereocenters. The molecule has 2 saturated heterocycles. The summed E-state index contributed by atoms with van der Waals surface area (Å²) in [5.74, 6) is 0.314. The van der Waals surface area contributed by atoms with Crippen molar-refractivity contribution in [1.82, 2.24) is 19.6 Å². The maximum Gasteiger partial charge on any atom is 0.224 e. The molecule has 3 rings (SSSR count). The summed E-state index contributed by atoms with van der Waals surface area (Å²) in [6, 6.07) is 2.49. The Hall–Kier alpha value is -1.36. The Morgan fingerprint density at radius 2 is 1.88 bits per heavy atom. The van der Waals surface area contributed by atoms with E-state index < -0.39 is 0 Å². The van der Waals surface area contributed by atoms with Gasteiger partial charge in [-0.2, -0.15) is 5.10 Å². The summed E-state index contributed by atoms with van der Waals surface area (Å²) in [5, 5.41) is 4.49. The van der Waals surface area contributed by atoms with E-state index in [2.05, 4.69) is 27.9 Å².